The quantitative estimate of drug-likeness (QED) is 0.673. The number of benzene rings is 2. The molecule has 148 valence electrons. The molecule has 2 rings (SSSR count). The summed E-state index contributed by atoms with van der Waals surface area (Å²) < 4.78 is 40.9. The number of rotatable bonds is 9. The van der Waals surface area contributed by atoms with Crippen LogP contribution < -0.4 is 14.8 Å². The van der Waals surface area contributed by atoms with E-state index in [-0.39, 0.29) is 17.1 Å². The van der Waals surface area contributed by atoms with Gasteiger partial charge in [-0.1, -0.05) is 36.4 Å². The van der Waals surface area contributed by atoms with Crippen LogP contribution in [0.2, 0.25) is 0 Å². The van der Waals surface area contributed by atoms with Crippen LogP contribution in [-0.2, 0) is 24.4 Å². The van der Waals surface area contributed by atoms with Crippen LogP contribution in [0.1, 0.15) is 37.5 Å². The van der Waals surface area contributed by atoms with E-state index >= 15 is 0 Å². The molecular formula is C21H27F2NO3. The molecule has 4 nitrogen and oxygen atoms in total. The number of ether oxygens (including phenoxy) is 3. The number of alkyl halides is 2. The molecule has 0 radical (unpaired) electrons. The lowest BCUT2D eigenvalue weighted by molar-refractivity contribution is -0.0518. The molecule has 0 saturated heterocycles. The molecule has 0 aromatic heterocycles. The predicted molar refractivity (Wildman–Crippen MR) is 101 cm³/mol. The van der Waals surface area contributed by atoms with Gasteiger partial charge in [0.2, 0.25) is 0 Å². The third kappa shape index (κ3) is 7.15. The first-order valence-corrected chi connectivity index (χ1v) is 8.81. The molecule has 27 heavy (non-hydrogen) atoms. The van der Waals surface area contributed by atoms with E-state index in [0.29, 0.717) is 25.3 Å². The van der Waals surface area contributed by atoms with Crippen molar-refractivity contribution in [1.29, 1.82) is 0 Å². The van der Waals surface area contributed by atoms with Crippen LogP contribution in [0.5, 0.6) is 11.5 Å². The molecule has 0 fully saturated rings. The first-order valence-electron chi connectivity index (χ1n) is 8.81. The average molecular weight is 379 g/mol. The Hall–Kier alpha value is -2.18. The molecule has 6 heteroatoms. The van der Waals surface area contributed by atoms with Gasteiger partial charge in [0.05, 0.1) is 19.3 Å². The van der Waals surface area contributed by atoms with Crippen molar-refractivity contribution in [3.8, 4) is 11.5 Å². The molecule has 0 aliphatic heterocycles. The molecule has 0 spiro atoms. The zero-order valence-electron chi connectivity index (χ0n) is 16.2. The van der Waals surface area contributed by atoms with Gasteiger partial charge in [-0.05, 0) is 38.0 Å². The summed E-state index contributed by atoms with van der Waals surface area (Å²) in [5, 5.41) is 3.26. The van der Waals surface area contributed by atoms with Crippen LogP contribution in [0.3, 0.4) is 0 Å². The highest BCUT2D eigenvalue weighted by atomic mass is 19.3. The van der Waals surface area contributed by atoms with E-state index < -0.39 is 6.61 Å². The largest absolute Gasteiger partial charge is 0.493 e. The lowest BCUT2D eigenvalue weighted by atomic mass is 10.1. The fourth-order valence-electron chi connectivity index (χ4n) is 2.55. The molecule has 0 bridgehead atoms. The van der Waals surface area contributed by atoms with Crippen molar-refractivity contribution in [3.05, 3.63) is 59.2 Å². The molecule has 0 amide bonds. The third-order valence-corrected chi connectivity index (χ3v) is 3.80. The minimum absolute atomic E-state index is 0.0647. The lowest BCUT2D eigenvalue weighted by Gasteiger charge is -2.19. The Kier molecular flexibility index (Phi) is 7.56. The Balaban J connectivity index is 1.98. The third-order valence-electron chi connectivity index (χ3n) is 3.80. The van der Waals surface area contributed by atoms with Crippen LogP contribution in [0.25, 0.3) is 0 Å². The summed E-state index contributed by atoms with van der Waals surface area (Å²) >= 11 is 0. The molecule has 0 atom stereocenters. The number of para-hydroxylation sites is 1. The van der Waals surface area contributed by atoms with Gasteiger partial charge in [0.25, 0.3) is 0 Å². The van der Waals surface area contributed by atoms with Crippen molar-refractivity contribution >= 4 is 0 Å². The second-order valence-electron chi connectivity index (χ2n) is 7.15. The first kappa shape index (κ1) is 21.1. The smallest absolute Gasteiger partial charge is 0.387 e. The number of methoxy groups -OCH3 is 1. The van der Waals surface area contributed by atoms with E-state index in [2.05, 4.69) is 16.1 Å². The van der Waals surface area contributed by atoms with Crippen LogP contribution in [-0.4, -0.2) is 19.3 Å². The maximum atomic E-state index is 12.7. The van der Waals surface area contributed by atoms with Gasteiger partial charge in [-0.3, -0.25) is 0 Å². The van der Waals surface area contributed by atoms with Crippen molar-refractivity contribution in [2.24, 2.45) is 0 Å². The maximum absolute atomic E-state index is 12.7. The van der Waals surface area contributed by atoms with Crippen molar-refractivity contribution in [2.45, 2.75) is 52.7 Å². The predicted octanol–water partition coefficient (Wildman–Crippen LogP) is 4.90. The zero-order valence-corrected chi connectivity index (χ0v) is 16.2. The zero-order chi connectivity index (χ0) is 19.9. The van der Waals surface area contributed by atoms with Crippen molar-refractivity contribution < 1.29 is 23.0 Å². The SMILES string of the molecule is COc1cccc(CNCc2cccc(COC(C)(C)C)c2)c1OC(F)F. The highest BCUT2D eigenvalue weighted by molar-refractivity contribution is 5.46. The van der Waals surface area contributed by atoms with E-state index in [1.54, 1.807) is 18.2 Å². The number of nitrogens with one attached hydrogen (secondary N) is 1. The Labute approximate surface area is 159 Å². The first-order chi connectivity index (χ1) is 12.8. The number of halogens is 2. The Morgan fingerprint density at radius 3 is 2.37 bits per heavy atom. The monoisotopic (exact) mass is 379 g/mol. The van der Waals surface area contributed by atoms with Crippen molar-refractivity contribution in [2.75, 3.05) is 7.11 Å². The Bertz CT molecular complexity index is 730. The van der Waals surface area contributed by atoms with E-state index in [4.69, 9.17) is 9.47 Å². The molecule has 2 aromatic rings. The van der Waals surface area contributed by atoms with Gasteiger partial charge in [0.1, 0.15) is 0 Å². The molecule has 0 aliphatic carbocycles. The molecular weight excluding hydrogens is 352 g/mol. The number of hydrogen-bond acceptors (Lipinski definition) is 4. The maximum Gasteiger partial charge on any atom is 0.387 e. The van der Waals surface area contributed by atoms with Gasteiger partial charge >= 0.3 is 6.61 Å². The van der Waals surface area contributed by atoms with Crippen LogP contribution in [0, 0.1) is 0 Å². The summed E-state index contributed by atoms with van der Waals surface area (Å²) in [6, 6.07) is 13.2. The van der Waals surface area contributed by atoms with E-state index in [1.807, 2.05) is 39.0 Å². The van der Waals surface area contributed by atoms with E-state index in [9.17, 15) is 8.78 Å². The van der Waals surface area contributed by atoms with Crippen LogP contribution in [0.15, 0.2) is 42.5 Å². The minimum atomic E-state index is -2.90. The summed E-state index contributed by atoms with van der Waals surface area (Å²) in [4.78, 5) is 0. The van der Waals surface area contributed by atoms with Gasteiger partial charge in [0, 0.05) is 18.7 Å². The fourth-order valence-corrected chi connectivity index (χ4v) is 2.55. The molecule has 2 aromatic carbocycles. The summed E-state index contributed by atoms with van der Waals surface area (Å²) in [5.41, 5.74) is 2.60. The van der Waals surface area contributed by atoms with Gasteiger partial charge in [0.15, 0.2) is 11.5 Å². The van der Waals surface area contributed by atoms with Gasteiger partial charge < -0.3 is 19.5 Å². The van der Waals surface area contributed by atoms with E-state index in [0.717, 1.165) is 11.1 Å². The fraction of sp³-hybridized carbons (Fsp3) is 0.429. The second-order valence-corrected chi connectivity index (χ2v) is 7.15. The van der Waals surface area contributed by atoms with E-state index in [1.165, 1.54) is 7.11 Å². The summed E-state index contributed by atoms with van der Waals surface area (Å²) in [5.74, 6) is 0.353. The van der Waals surface area contributed by atoms with Gasteiger partial charge in [-0.15, -0.1) is 0 Å². The second kappa shape index (κ2) is 9.67. The molecule has 1 N–H and O–H groups in total. The van der Waals surface area contributed by atoms with Crippen molar-refractivity contribution in [3.63, 3.8) is 0 Å². The van der Waals surface area contributed by atoms with Crippen molar-refractivity contribution in [1.82, 2.24) is 5.32 Å². The summed E-state index contributed by atoms with van der Waals surface area (Å²) in [6.07, 6.45) is 0. The topological polar surface area (TPSA) is 39.7 Å². The number of hydrogen-bond donors (Lipinski definition) is 1. The average Bonchev–Trinajstić information content (AvgIpc) is 2.60. The highest BCUT2D eigenvalue weighted by Gasteiger charge is 2.15. The van der Waals surface area contributed by atoms with Gasteiger partial charge in [-0.2, -0.15) is 8.78 Å². The Morgan fingerprint density at radius 2 is 1.70 bits per heavy atom. The van der Waals surface area contributed by atoms with Gasteiger partial charge in [-0.25, -0.2) is 0 Å². The Morgan fingerprint density at radius 1 is 1.00 bits per heavy atom. The molecule has 0 aliphatic rings. The van der Waals surface area contributed by atoms with Crippen LogP contribution in [0.4, 0.5) is 8.78 Å². The highest BCUT2D eigenvalue weighted by Crippen LogP contribution is 2.32. The summed E-state index contributed by atoms with van der Waals surface area (Å²) in [6.45, 7) is 4.67. The van der Waals surface area contributed by atoms with Crippen LogP contribution >= 0.6 is 0 Å². The minimum Gasteiger partial charge on any atom is -0.493 e. The standard InChI is InChI=1S/C21H27F2NO3/c1-21(2,3)26-14-16-8-5-7-15(11-16)12-24-13-17-9-6-10-18(25-4)19(17)27-20(22)23/h5-11,20,24H,12-14H2,1-4H3. The summed E-state index contributed by atoms with van der Waals surface area (Å²) in [7, 11) is 1.43. The molecule has 0 unspecified atom stereocenters. The molecule has 0 saturated carbocycles. The molecule has 0 heterocycles. The normalized spacial score (nSPS) is 11.7. The lowest BCUT2D eigenvalue weighted by Crippen LogP contribution is -2.19.